The zero-order chi connectivity index (χ0) is 15.5. The largest absolute Gasteiger partial charge is 0.380 e. The van der Waals surface area contributed by atoms with Crippen LogP contribution in [0.3, 0.4) is 0 Å². The van der Waals surface area contributed by atoms with Crippen molar-refractivity contribution in [3.63, 3.8) is 0 Å². The first-order valence-corrected chi connectivity index (χ1v) is 6.54. The smallest absolute Gasteiger partial charge is 0.325 e. The Morgan fingerprint density at radius 2 is 2.24 bits per heavy atom. The second kappa shape index (κ2) is 6.01. The molecule has 2 rings (SSSR count). The molecule has 1 aliphatic rings. The molecule has 1 saturated heterocycles. The quantitative estimate of drug-likeness (QED) is 0.641. The minimum absolute atomic E-state index is 0.204. The molecule has 21 heavy (non-hydrogen) atoms. The Kier molecular flexibility index (Phi) is 4.32. The monoisotopic (exact) mass is 290 g/mol. The molecule has 3 amide bonds. The van der Waals surface area contributed by atoms with E-state index in [9.17, 15) is 9.59 Å². The van der Waals surface area contributed by atoms with E-state index in [1.54, 1.807) is 20.1 Å². The van der Waals surface area contributed by atoms with Crippen LogP contribution in [0.25, 0.3) is 0 Å². The van der Waals surface area contributed by atoms with E-state index in [1.165, 1.54) is 18.6 Å². The van der Waals surface area contributed by atoms with Gasteiger partial charge in [0.15, 0.2) is 5.54 Å². The molecule has 1 atom stereocenters. The van der Waals surface area contributed by atoms with Crippen molar-refractivity contribution in [1.82, 2.24) is 20.2 Å². The van der Waals surface area contributed by atoms with Gasteiger partial charge in [-0.3, -0.25) is 19.7 Å². The van der Waals surface area contributed by atoms with Gasteiger partial charge in [0.1, 0.15) is 0 Å². The van der Waals surface area contributed by atoms with Gasteiger partial charge in [-0.1, -0.05) is 11.6 Å². The molecule has 2 heterocycles. The molecule has 1 aromatic heterocycles. The summed E-state index contributed by atoms with van der Waals surface area (Å²) in [5, 5.41) is 2.68. The highest BCUT2D eigenvalue weighted by atomic mass is 16.5. The summed E-state index contributed by atoms with van der Waals surface area (Å²) in [7, 11) is 1.59. The Labute approximate surface area is 123 Å². The molecule has 7 heteroatoms. The van der Waals surface area contributed by atoms with Gasteiger partial charge in [0.25, 0.3) is 5.91 Å². The van der Waals surface area contributed by atoms with E-state index in [0.29, 0.717) is 12.3 Å². The van der Waals surface area contributed by atoms with Gasteiger partial charge in [-0.2, -0.15) is 0 Å². The average Bonchev–Trinajstić information content (AvgIpc) is 2.69. The van der Waals surface area contributed by atoms with E-state index in [-0.39, 0.29) is 12.5 Å². The number of rotatable bonds is 5. The lowest BCUT2D eigenvalue weighted by molar-refractivity contribution is -0.130. The molecule has 7 nitrogen and oxygen atoms in total. The van der Waals surface area contributed by atoms with Crippen LogP contribution in [-0.2, 0) is 15.1 Å². The molecule has 0 saturated carbocycles. The van der Waals surface area contributed by atoms with Crippen LogP contribution < -0.4 is 5.32 Å². The van der Waals surface area contributed by atoms with Gasteiger partial charge < -0.3 is 10.1 Å². The standard InChI is InChI=1S/C14H18N4O3/c1-10(9-21-3)4-7-18-12(19)14(2,17-13(18)20)11-8-15-5-6-16-11/h4-6,8H,7,9H2,1-3H3,(H,17,20). The van der Waals surface area contributed by atoms with Gasteiger partial charge in [0.05, 0.1) is 18.5 Å². The fourth-order valence-corrected chi connectivity index (χ4v) is 2.13. The van der Waals surface area contributed by atoms with E-state index >= 15 is 0 Å². The molecule has 1 aliphatic heterocycles. The van der Waals surface area contributed by atoms with E-state index in [4.69, 9.17) is 4.74 Å². The summed E-state index contributed by atoms with van der Waals surface area (Å²) in [5.74, 6) is -0.338. The molecule has 0 spiro atoms. The summed E-state index contributed by atoms with van der Waals surface area (Å²) in [6.07, 6.45) is 6.28. The SMILES string of the molecule is COCC(C)=CCN1C(=O)NC(C)(c2cnccn2)C1=O. The molecule has 112 valence electrons. The van der Waals surface area contributed by atoms with Gasteiger partial charge in [-0.25, -0.2) is 4.79 Å². The maximum absolute atomic E-state index is 12.5. The molecule has 1 unspecified atom stereocenters. The molecular formula is C14H18N4O3. The van der Waals surface area contributed by atoms with Gasteiger partial charge in [0, 0.05) is 26.0 Å². The lowest BCUT2D eigenvalue weighted by Gasteiger charge is -2.20. The predicted molar refractivity (Wildman–Crippen MR) is 75.3 cm³/mol. The van der Waals surface area contributed by atoms with Crippen molar-refractivity contribution in [2.75, 3.05) is 20.3 Å². The van der Waals surface area contributed by atoms with Crippen LogP contribution in [0.1, 0.15) is 19.5 Å². The molecule has 1 fully saturated rings. The predicted octanol–water partition coefficient (Wildman–Crippen LogP) is 0.836. The third-order valence-corrected chi connectivity index (χ3v) is 3.34. The van der Waals surface area contributed by atoms with Crippen LogP contribution in [0.2, 0.25) is 0 Å². The van der Waals surface area contributed by atoms with Gasteiger partial charge in [-0.15, -0.1) is 0 Å². The van der Waals surface area contributed by atoms with Crippen molar-refractivity contribution in [1.29, 1.82) is 0 Å². The average molecular weight is 290 g/mol. The summed E-state index contributed by atoms with van der Waals surface area (Å²) in [6, 6.07) is -0.436. The van der Waals surface area contributed by atoms with Crippen molar-refractivity contribution in [3.8, 4) is 0 Å². The normalized spacial score (nSPS) is 22.6. The van der Waals surface area contributed by atoms with Gasteiger partial charge >= 0.3 is 6.03 Å². The molecule has 0 radical (unpaired) electrons. The second-order valence-corrected chi connectivity index (χ2v) is 5.05. The molecular weight excluding hydrogens is 272 g/mol. The first kappa shape index (κ1) is 15.1. The van der Waals surface area contributed by atoms with E-state index in [1.807, 2.05) is 6.92 Å². The molecule has 1 N–H and O–H groups in total. The maximum Gasteiger partial charge on any atom is 0.325 e. The van der Waals surface area contributed by atoms with Gasteiger partial charge in [-0.05, 0) is 13.8 Å². The Morgan fingerprint density at radius 3 is 2.86 bits per heavy atom. The number of carbonyl (C=O) groups excluding carboxylic acids is 2. The zero-order valence-electron chi connectivity index (χ0n) is 12.3. The summed E-state index contributed by atoms with van der Waals surface area (Å²) >= 11 is 0. The van der Waals surface area contributed by atoms with E-state index in [0.717, 1.165) is 10.5 Å². The third-order valence-electron chi connectivity index (χ3n) is 3.34. The van der Waals surface area contributed by atoms with Gasteiger partial charge in [0.2, 0.25) is 0 Å². The number of carbonyl (C=O) groups is 2. The lowest BCUT2D eigenvalue weighted by Crippen LogP contribution is -2.41. The fraction of sp³-hybridized carbons (Fsp3) is 0.429. The Balaban J connectivity index is 2.19. The van der Waals surface area contributed by atoms with Crippen LogP contribution in [-0.4, -0.2) is 47.1 Å². The highest BCUT2D eigenvalue weighted by molar-refractivity contribution is 6.07. The Morgan fingerprint density at radius 1 is 1.48 bits per heavy atom. The number of hydrogen-bond donors (Lipinski definition) is 1. The highest BCUT2D eigenvalue weighted by Gasteiger charge is 2.49. The van der Waals surface area contributed by atoms with Crippen molar-refractivity contribution in [2.24, 2.45) is 0 Å². The summed E-state index contributed by atoms with van der Waals surface area (Å²) in [4.78, 5) is 33.8. The number of nitrogens with zero attached hydrogens (tertiary/aromatic N) is 3. The number of amides is 3. The third kappa shape index (κ3) is 2.92. The maximum atomic E-state index is 12.5. The van der Waals surface area contributed by atoms with Crippen LogP contribution in [0.4, 0.5) is 4.79 Å². The molecule has 0 aromatic carbocycles. The Hall–Kier alpha value is -2.28. The number of methoxy groups -OCH3 is 1. The molecule has 0 bridgehead atoms. The lowest BCUT2D eigenvalue weighted by atomic mass is 9.98. The second-order valence-electron chi connectivity index (χ2n) is 5.05. The van der Waals surface area contributed by atoms with Crippen LogP contribution >= 0.6 is 0 Å². The summed E-state index contributed by atoms with van der Waals surface area (Å²) in [5.41, 5.74) is 0.198. The zero-order valence-corrected chi connectivity index (χ0v) is 12.3. The minimum atomic E-state index is -1.17. The first-order chi connectivity index (χ1) is 9.99. The summed E-state index contributed by atoms with van der Waals surface area (Å²) in [6.45, 7) is 4.17. The molecule has 1 aromatic rings. The van der Waals surface area contributed by atoms with E-state index < -0.39 is 11.6 Å². The van der Waals surface area contributed by atoms with Crippen molar-refractivity contribution < 1.29 is 14.3 Å². The van der Waals surface area contributed by atoms with Crippen molar-refractivity contribution in [2.45, 2.75) is 19.4 Å². The van der Waals surface area contributed by atoms with Crippen LogP contribution in [0, 0.1) is 0 Å². The summed E-state index contributed by atoms with van der Waals surface area (Å²) < 4.78 is 4.99. The first-order valence-electron chi connectivity index (χ1n) is 6.54. The number of ether oxygens (including phenoxy) is 1. The number of urea groups is 1. The number of aromatic nitrogens is 2. The number of hydrogen-bond acceptors (Lipinski definition) is 5. The minimum Gasteiger partial charge on any atom is -0.380 e. The number of imide groups is 1. The van der Waals surface area contributed by atoms with E-state index in [2.05, 4.69) is 15.3 Å². The number of nitrogens with one attached hydrogen (secondary N) is 1. The van der Waals surface area contributed by atoms with Crippen LogP contribution in [0.5, 0.6) is 0 Å². The van der Waals surface area contributed by atoms with Crippen molar-refractivity contribution in [3.05, 3.63) is 35.9 Å². The van der Waals surface area contributed by atoms with Crippen molar-refractivity contribution >= 4 is 11.9 Å². The molecule has 0 aliphatic carbocycles. The highest BCUT2D eigenvalue weighted by Crippen LogP contribution is 2.26. The fourth-order valence-electron chi connectivity index (χ4n) is 2.13. The Bertz CT molecular complexity index is 573. The van der Waals surface area contributed by atoms with Crippen LogP contribution in [0.15, 0.2) is 30.2 Å². The topological polar surface area (TPSA) is 84.4 Å².